The molecular formula is C35H33NO10. The maximum atomic E-state index is 12.6. The molecule has 2 heterocycles. The van der Waals surface area contributed by atoms with Gasteiger partial charge >= 0.3 is 11.9 Å². The Kier molecular flexibility index (Phi) is 9.91. The lowest BCUT2D eigenvalue weighted by molar-refractivity contribution is -0.132. The van der Waals surface area contributed by atoms with Crippen molar-refractivity contribution in [1.82, 2.24) is 4.98 Å². The number of carboxylic acids is 2. The van der Waals surface area contributed by atoms with Gasteiger partial charge < -0.3 is 38.6 Å². The number of carbonyl (C=O) groups is 2. The quantitative estimate of drug-likeness (QED) is 0.153. The normalized spacial score (nSPS) is 12.0. The van der Waals surface area contributed by atoms with E-state index in [9.17, 15) is 19.8 Å². The topological polar surface area (TPSA) is 143 Å². The fourth-order valence-electron chi connectivity index (χ4n) is 5.02. The number of rotatable bonds is 14. The van der Waals surface area contributed by atoms with E-state index in [1.54, 1.807) is 67.0 Å². The Morgan fingerprint density at radius 3 is 2.39 bits per heavy atom. The molecule has 0 spiro atoms. The third kappa shape index (κ3) is 6.99. The maximum absolute atomic E-state index is 12.6. The van der Waals surface area contributed by atoms with Gasteiger partial charge in [-0.15, -0.1) is 0 Å². The van der Waals surface area contributed by atoms with Crippen LogP contribution < -0.4 is 28.4 Å². The number of hydrogen-bond donors (Lipinski definition) is 2. The van der Waals surface area contributed by atoms with E-state index in [1.165, 1.54) is 20.3 Å². The van der Waals surface area contributed by atoms with E-state index in [2.05, 4.69) is 4.98 Å². The molecule has 0 saturated carbocycles. The van der Waals surface area contributed by atoms with Gasteiger partial charge in [0, 0.05) is 58.1 Å². The minimum Gasteiger partial charge on any atom is -0.497 e. The number of ether oxygens (including phenoxy) is 6. The lowest BCUT2D eigenvalue weighted by Crippen LogP contribution is -2.07. The first kappa shape index (κ1) is 31.7. The SMILES string of the molecule is CCCOc1cncc(C=C(Cc2cc3c(cc2OC)OCO3)C(=O)O)c1-c1ccc(OC)cc1OCc1ccccc1C(=O)O. The van der Waals surface area contributed by atoms with Crippen LogP contribution in [0.5, 0.6) is 34.5 Å². The summed E-state index contributed by atoms with van der Waals surface area (Å²) in [4.78, 5) is 28.8. The number of aromatic nitrogens is 1. The van der Waals surface area contributed by atoms with Gasteiger partial charge in [-0.3, -0.25) is 4.98 Å². The Hall–Kier alpha value is -5.71. The molecule has 0 bridgehead atoms. The smallest absolute Gasteiger partial charge is 0.336 e. The summed E-state index contributed by atoms with van der Waals surface area (Å²) in [7, 11) is 3.03. The van der Waals surface area contributed by atoms with Crippen LogP contribution in [0.2, 0.25) is 0 Å². The number of aliphatic carboxylic acids is 1. The fraction of sp³-hybridized carbons (Fsp3) is 0.229. The molecule has 4 aromatic rings. The standard InChI is InChI=1S/C35H33NO10/c1-4-11-43-32-18-36-17-24(13-23(34(37)38)12-22-14-30-31(46-20-45-30)16-28(22)42-3)33(32)27-10-9-25(41-2)15-29(27)44-19-21-7-5-6-8-26(21)35(39)40/h5-10,13-18H,4,11-12,19-20H2,1-3H3,(H,37,38)(H,39,40). The van der Waals surface area contributed by atoms with Crippen LogP contribution in [0.25, 0.3) is 17.2 Å². The zero-order chi connectivity index (χ0) is 32.6. The molecule has 0 saturated heterocycles. The minimum absolute atomic E-state index is 0.00652. The van der Waals surface area contributed by atoms with Crippen molar-refractivity contribution in [3.8, 4) is 45.6 Å². The molecule has 1 aliphatic heterocycles. The van der Waals surface area contributed by atoms with Crippen molar-refractivity contribution in [2.45, 2.75) is 26.4 Å². The second-order valence-corrected chi connectivity index (χ2v) is 10.2. The Morgan fingerprint density at radius 2 is 1.67 bits per heavy atom. The molecule has 238 valence electrons. The summed E-state index contributed by atoms with van der Waals surface area (Å²) in [6, 6.07) is 15.2. The number of nitrogens with zero attached hydrogens (tertiary/aromatic N) is 1. The Bertz CT molecular complexity index is 1780. The molecule has 11 heteroatoms. The third-order valence-electron chi connectivity index (χ3n) is 7.25. The first-order chi connectivity index (χ1) is 22.3. The molecule has 0 atom stereocenters. The summed E-state index contributed by atoms with van der Waals surface area (Å²) in [5, 5.41) is 20.0. The number of benzene rings is 3. The van der Waals surface area contributed by atoms with Crippen LogP contribution in [-0.4, -0.2) is 54.8 Å². The molecule has 11 nitrogen and oxygen atoms in total. The molecule has 0 fully saturated rings. The van der Waals surface area contributed by atoms with Gasteiger partial charge in [-0.2, -0.15) is 0 Å². The summed E-state index contributed by atoms with van der Waals surface area (Å²) in [5.74, 6) is 0.576. The van der Waals surface area contributed by atoms with E-state index in [-0.39, 0.29) is 31.0 Å². The van der Waals surface area contributed by atoms with Crippen molar-refractivity contribution in [3.05, 3.63) is 94.8 Å². The molecule has 0 amide bonds. The van der Waals surface area contributed by atoms with E-state index >= 15 is 0 Å². The summed E-state index contributed by atoms with van der Waals surface area (Å²) < 4.78 is 34.3. The fourth-order valence-corrected chi connectivity index (χ4v) is 5.02. The molecule has 0 unspecified atom stereocenters. The average Bonchev–Trinajstić information content (AvgIpc) is 3.53. The highest BCUT2D eigenvalue weighted by molar-refractivity contribution is 5.95. The lowest BCUT2D eigenvalue weighted by atomic mass is 9.95. The summed E-state index contributed by atoms with van der Waals surface area (Å²) in [6.45, 7) is 2.38. The largest absolute Gasteiger partial charge is 0.497 e. The highest BCUT2D eigenvalue weighted by Gasteiger charge is 2.23. The molecule has 1 aliphatic rings. The van der Waals surface area contributed by atoms with Crippen LogP contribution in [0, 0.1) is 0 Å². The summed E-state index contributed by atoms with van der Waals surface area (Å²) in [6.07, 6.45) is 5.40. The first-order valence-corrected chi connectivity index (χ1v) is 14.5. The Balaban J connectivity index is 1.61. The van der Waals surface area contributed by atoms with Crippen molar-refractivity contribution in [3.63, 3.8) is 0 Å². The number of pyridine rings is 1. The van der Waals surface area contributed by atoms with Crippen LogP contribution in [0.1, 0.15) is 40.4 Å². The molecule has 0 radical (unpaired) electrons. The molecule has 0 aliphatic carbocycles. The average molecular weight is 628 g/mol. The molecule has 5 rings (SSSR count). The highest BCUT2D eigenvalue weighted by atomic mass is 16.7. The lowest BCUT2D eigenvalue weighted by Gasteiger charge is -2.19. The zero-order valence-electron chi connectivity index (χ0n) is 25.6. The molecule has 2 N–H and O–H groups in total. The highest BCUT2D eigenvalue weighted by Crippen LogP contribution is 2.43. The first-order valence-electron chi connectivity index (χ1n) is 14.5. The Labute approximate surface area is 265 Å². The van der Waals surface area contributed by atoms with Gasteiger partial charge in [0.15, 0.2) is 11.5 Å². The van der Waals surface area contributed by atoms with Gasteiger partial charge in [-0.05, 0) is 36.8 Å². The van der Waals surface area contributed by atoms with Crippen molar-refractivity contribution in [1.29, 1.82) is 0 Å². The Morgan fingerprint density at radius 1 is 0.891 bits per heavy atom. The minimum atomic E-state index is -1.14. The van der Waals surface area contributed by atoms with E-state index in [1.807, 2.05) is 6.92 Å². The summed E-state index contributed by atoms with van der Waals surface area (Å²) in [5.41, 5.74) is 2.83. The second kappa shape index (κ2) is 14.4. The van der Waals surface area contributed by atoms with Gasteiger partial charge in [-0.1, -0.05) is 25.1 Å². The van der Waals surface area contributed by atoms with E-state index in [0.717, 1.165) is 6.42 Å². The number of hydrogen-bond acceptors (Lipinski definition) is 9. The van der Waals surface area contributed by atoms with Crippen LogP contribution in [-0.2, 0) is 17.8 Å². The monoisotopic (exact) mass is 627 g/mol. The van der Waals surface area contributed by atoms with E-state index in [0.29, 0.717) is 68.9 Å². The van der Waals surface area contributed by atoms with Crippen LogP contribution in [0.15, 0.2) is 72.6 Å². The number of carboxylic acid groups (broad SMARTS) is 2. The van der Waals surface area contributed by atoms with Crippen LogP contribution in [0.3, 0.4) is 0 Å². The zero-order valence-corrected chi connectivity index (χ0v) is 25.6. The van der Waals surface area contributed by atoms with E-state index in [4.69, 9.17) is 28.4 Å². The van der Waals surface area contributed by atoms with Crippen LogP contribution >= 0.6 is 0 Å². The number of methoxy groups -OCH3 is 2. The van der Waals surface area contributed by atoms with Gasteiger partial charge in [0.2, 0.25) is 6.79 Å². The van der Waals surface area contributed by atoms with Crippen molar-refractivity contribution in [2.24, 2.45) is 0 Å². The third-order valence-corrected chi connectivity index (χ3v) is 7.25. The molecular weight excluding hydrogens is 594 g/mol. The van der Waals surface area contributed by atoms with Gasteiger partial charge in [0.25, 0.3) is 0 Å². The molecule has 3 aromatic carbocycles. The van der Waals surface area contributed by atoms with Crippen LogP contribution in [0.4, 0.5) is 0 Å². The predicted molar refractivity (Wildman–Crippen MR) is 168 cm³/mol. The number of fused-ring (bicyclic) bond motifs is 1. The van der Waals surface area contributed by atoms with Crippen molar-refractivity contribution in [2.75, 3.05) is 27.6 Å². The predicted octanol–water partition coefficient (Wildman–Crippen LogP) is 6.27. The number of aromatic carboxylic acids is 1. The van der Waals surface area contributed by atoms with E-state index < -0.39 is 11.9 Å². The summed E-state index contributed by atoms with van der Waals surface area (Å²) >= 11 is 0. The maximum Gasteiger partial charge on any atom is 0.336 e. The second-order valence-electron chi connectivity index (χ2n) is 10.2. The molecule has 1 aromatic heterocycles. The van der Waals surface area contributed by atoms with Crippen molar-refractivity contribution >= 4 is 18.0 Å². The van der Waals surface area contributed by atoms with Gasteiger partial charge in [0.05, 0.1) is 32.6 Å². The van der Waals surface area contributed by atoms with Gasteiger partial charge in [-0.25, -0.2) is 9.59 Å². The van der Waals surface area contributed by atoms with Gasteiger partial charge in [0.1, 0.15) is 29.6 Å². The molecule has 46 heavy (non-hydrogen) atoms. The van der Waals surface area contributed by atoms with Crippen molar-refractivity contribution < 1.29 is 48.2 Å².